The van der Waals surface area contributed by atoms with E-state index in [9.17, 15) is 15.0 Å². The molecule has 0 aliphatic carbocycles. The van der Waals surface area contributed by atoms with E-state index in [0.29, 0.717) is 23.8 Å². The van der Waals surface area contributed by atoms with Gasteiger partial charge in [0.25, 0.3) is 0 Å². The summed E-state index contributed by atoms with van der Waals surface area (Å²) < 4.78 is 5.66. The summed E-state index contributed by atoms with van der Waals surface area (Å²) in [5, 5.41) is 18.8. The normalized spacial score (nSPS) is 11.5. The number of ether oxygens (including phenoxy) is 1. The summed E-state index contributed by atoms with van der Waals surface area (Å²) in [6.07, 6.45) is 1.59. The molecule has 0 heterocycles. The van der Waals surface area contributed by atoms with Crippen LogP contribution in [-0.4, -0.2) is 22.8 Å². The van der Waals surface area contributed by atoms with E-state index >= 15 is 0 Å². The first-order valence-electron chi connectivity index (χ1n) is 7.43. The second-order valence-electron chi connectivity index (χ2n) is 5.69. The predicted molar refractivity (Wildman–Crippen MR) is 90.4 cm³/mol. The van der Waals surface area contributed by atoms with Crippen LogP contribution in [0.2, 0.25) is 0 Å². The highest BCUT2D eigenvalue weighted by molar-refractivity contribution is 6.20. The predicted octanol–water partition coefficient (Wildman–Crippen LogP) is 4.05. The maximum Gasteiger partial charge on any atom is 0.336 e. The van der Waals surface area contributed by atoms with Crippen LogP contribution in [0.3, 0.4) is 0 Å². The SMILES string of the molecule is CC(C)COc1cccc(/C=C(\C(=O)O)c2ccc(O)cc2)c1. The summed E-state index contributed by atoms with van der Waals surface area (Å²) in [5.41, 5.74) is 1.44. The first kappa shape index (κ1) is 16.6. The van der Waals surface area contributed by atoms with Gasteiger partial charge in [-0.2, -0.15) is 0 Å². The average molecular weight is 312 g/mol. The first-order valence-corrected chi connectivity index (χ1v) is 7.43. The zero-order valence-electron chi connectivity index (χ0n) is 13.2. The first-order chi connectivity index (χ1) is 11.0. The van der Waals surface area contributed by atoms with Crippen molar-refractivity contribution in [2.45, 2.75) is 13.8 Å². The average Bonchev–Trinajstić information content (AvgIpc) is 2.52. The molecule has 2 aromatic rings. The lowest BCUT2D eigenvalue weighted by Gasteiger charge is -2.09. The van der Waals surface area contributed by atoms with Crippen molar-refractivity contribution >= 4 is 17.6 Å². The molecule has 0 aromatic heterocycles. The van der Waals surface area contributed by atoms with Crippen LogP contribution in [0.25, 0.3) is 11.6 Å². The summed E-state index contributed by atoms with van der Waals surface area (Å²) in [5.74, 6) is 0.204. The van der Waals surface area contributed by atoms with E-state index < -0.39 is 5.97 Å². The molecule has 23 heavy (non-hydrogen) atoms. The molecule has 0 aliphatic heterocycles. The monoisotopic (exact) mass is 312 g/mol. The summed E-state index contributed by atoms with van der Waals surface area (Å²) in [6.45, 7) is 4.74. The van der Waals surface area contributed by atoms with Crippen LogP contribution < -0.4 is 4.74 Å². The largest absolute Gasteiger partial charge is 0.508 e. The zero-order chi connectivity index (χ0) is 16.8. The number of carbonyl (C=O) groups is 1. The number of phenolic OH excluding ortho intramolecular Hbond substituents is 1. The second-order valence-corrected chi connectivity index (χ2v) is 5.69. The van der Waals surface area contributed by atoms with Gasteiger partial charge in [0.1, 0.15) is 11.5 Å². The van der Waals surface area contributed by atoms with Crippen molar-refractivity contribution in [1.29, 1.82) is 0 Å². The quantitative estimate of drug-likeness (QED) is 0.624. The van der Waals surface area contributed by atoms with E-state index in [1.54, 1.807) is 18.2 Å². The van der Waals surface area contributed by atoms with Gasteiger partial charge in [0.2, 0.25) is 0 Å². The fraction of sp³-hybridized carbons (Fsp3) is 0.211. The minimum Gasteiger partial charge on any atom is -0.508 e. The Hall–Kier alpha value is -2.75. The van der Waals surface area contributed by atoms with E-state index in [1.807, 2.05) is 24.3 Å². The Labute approximate surface area is 135 Å². The van der Waals surface area contributed by atoms with Gasteiger partial charge in [0, 0.05) is 0 Å². The summed E-state index contributed by atoms with van der Waals surface area (Å²) >= 11 is 0. The molecule has 4 nitrogen and oxygen atoms in total. The summed E-state index contributed by atoms with van der Waals surface area (Å²) in [4.78, 5) is 11.5. The molecule has 0 saturated carbocycles. The molecule has 0 bridgehead atoms. The summed E-state index contributed by atoms with van der Waals surface area (Å²) in [7, 11) is 0. The molecule has 120 valence electrons. The molecule has 0 aliphatic rings. The van der Waals surface area contributed by atoms with E-state index in [2.05, 4.69) is 13.8 Å². The number of phenols is 1. The van der Waals surface area contributed by atoms with E-state index in [1.165, 1.54) is 12.1 Å². The number of carboxylic acids is 1. The van der Waals surface area contributed by atoms with Gasteiger partial charge in [-0.3, -0.25) is 0 Å². The van der Waals surface area contributed by atoms with E-state index in [-0.39, 0.29) is 11.3 Å². The molecular formula is C19H20O4. The molecule has 4 heteroatoms. The van der Waals surface area contributed by atoms with Gasteiger partial charge in [0.05, 0.1) is 12.2 Å². The van der Waals surface area contributed by atoms with Crippen molar-refractivity contribution in [3.8, 4) is 11.5 Å². The van der Waals surface area contributed by atoms with E-state index in [0.717, 1.165) is 5.56 Å². The highest BCUT2D eigenvalue weighted by Crippen LogP contribution is 2.23. The molecular weight excluding hydrogens is 292 g/mol. The molecule has 0 atom stereocenters. The zero-order valence-corrected chi connectivity index (χ0v) is 13.2. The van der Waals surface area contributed by atoms with Crippen LogP contribution in [0, 0.1) is 5.92 Å². The minimum absolute atomic E-state index is 0.0996. The number of hydrogen-bond acceptors (Lipinski definition) is 3. The molecule has 0 radical (unpaired) electrons. The Morgan fingerprint density at radius 1 is 1.17 bits per heavy atom. The second kappa shape index (κ2) is 7.49. The highest BCUT2D eigenvalue weighted by Gasteiger charge is 2.11. The molecule has 2 N–H and O–H groups in total. The molecule has 2 rings (SSSR count). The number of benzene rings is 2. The van der Waals surface area contributed by atoms with Crippen LogP contribution in [0.5, 0.6) is 11.5 Å². The summed E-state index contributed by atoms with van der Waals surface area (Å²) in [6, 6.07) is 13.4. The van der Waals surface area contributed by atoms with Gasteiger partial charge < -0.3 is 14.9 Å². The third-order valence-electron chi connectivity index (χ3n) is 3.16. The van der Waals surface area contributed by atoms with Crippen molar-refractivity contribution in [1.82, 2.24) is 0 Å². The van der Waals surface area contributed by atoms with Crippen molar-refractivity contribution in [3.63, 3.8) is 0 Å². The number of rotatable bonds is 6. The van der Waals surface area contributed by atoms with Crippen molar-refractivity contribution in [3.05, 3.63) is 59.7 Å². The van der Waals surface area contributed by atoms with Crippen LogP contribution in [0.15, 0.2) is 48.5 Å². The van der Waals surface area contributed by atoms with Gasteiger partial charge >= 0.3 is 5.97 Å². The molecule has 0 unspecified atom stereocenters. The molecule has 2 aromatic carbocycles. The van der Waals surface area contributed by atoms with E-state index in [4.69, 9.17) is 4.74 Å². The molecule has 0 amide bonds. The van der Waals surface area contributed by atoms with Crippen LogP contribution in [0.1, 0.15) is 25.0 Å². The van der Waals surface area contributed by atoms with Gasteiger partial charge in [-0.25, -0.2) is 4.79 Å². The Kier molecular flexibility index (Phi) is 5.41. The van der Waals surface area contributed by atoms with Gasteiger partial charge in [-0.05, 0) is 47.4 Å². The number of hydrogen-bond donors (Lipinski definition) is 2. The maximum atomic E-state index is 11.5. The van der Waals surface area contributed by atoms with Crippen LogP contribution >= 0.6 is 0 Å². The Morgan fingerprint density at radius 3 is 2.48 bits per heavy atom. The Bertz CT molecular complexity index is 700. The third-order valence-corrected chi connectivity index (χ3v) is 3.16. The lowest BCUT2D eigenvalue weighted by atomic mass is 10.0. The number of aromatic hydroxyl groups is 1. The van der Waals surface area contributed by atoms with Crippen molar-refractivity contribution in [2.24, 2.45) is 5.92 Å². The smallest absolute Gasteiger partial charge is 0.336 e. The van der Waals surface area contributed by atoms with Crippen molar-refractivity contribution < 1.29 is 19.7 Å². The molecule has 0 spiro atoms. The maximum absolute atomic E-state index is 11.5. The fourth-order valence-electron chi connectivity index (χ4n) is 2.03. The Balaban J connectivity index is 2.30. The Morgan fingerprint density at radius 2 is 1.87 bits per heavy atom. The molecule has 0 fully saturated rings. The van der Waals surface area contributed by atoms with Crippen LogP contribution in [-0.2, 0) is 4.79 Å². The fourth-order valence-corrected chi connectivity index (χ4v) is 2.03. The lowest BCUT2D eigenvalue weighted by Crippen LogP contribution is -2.04. The minimum atomic E-state index is -1.02. The third kappa shape index (κ3) is 4.88. The highest BCUT2D eigenvalue weighted by atomic mass is 16.5. The topological polar surface area (TPSA) is 66.8 Å². The van der Waals surface area contributed by atoms with Gasteiger partial charge in [-0.15, -0.1) is 0 Å². The lowest BCUT2D eigenvalue weighted by molar-refractivity contribution is -0.130. The van der Waals surface area contributed by atoms with Gasteiger partial charge in [0.15, 0.2) is 0 Å². The van der Waals surface area contributed by atoms with Crippen molar-refractivity contribution in [2.75, 3.05) is 6.61 Å². The number of aliphatic carboxylic acids is 1. The van der Waals surface area contributed by atoms with Crippen LogP contribution in [0.4, 0.5) is 0 Å². The standard InChI is InChI=1S/C19H20O4/c1-13(2)12-23-17-5-3-4-14(10-17)11-18(19(21)22)15-6-8-16(20)9-7-15/h3-11,13,20H,12H2,1-2H3,(H,21,22)/b18-11-. The van der Waals surface area contributed by atoms with Gasteiger partial charge in [-0.1, -0.05) is 38.1 Å². The number of carboxylic acid groups (broad SMARTS) is 1. The molecule has 0 saturated heterocycles.